The van der Waals surface area contributed by atoms with Gasteiger partial charge in [0, 0.05) is 36.3 Å². The zero-order chi connectivity index (χ0) is 11.5. The van der Waals surface area contributed by atoms with Crippen molar-refractivity contribution in [3.63, 3.8) is 0 Å². The summed E-state index contributed by atoms with van der Waals surface area (Å²) in [5.41, 5.74) is 0.707. The number of carbonyl (C=O) groups is 1. The van der Waals surface area contributed by atoms with E-state index in [4.69, 9.17) is 11.6 Å². The summed E-state index contributed by atoms with van der Waals surface area (Å²) in [5.74, 6) is 0.0880. The van der Waals surface area contributed by atoms with E-state index in [-0.39, 0.29) is 18.3 Å². The zero-order valence-electron chi connectivity index (χ0n) is 9.65. The van der Waals surface area contributed by atoms with Gasteiger partial charge in [0.2, 0.25) is 0 Å². The van der Waals surface area contributed by atoms with Crippen LogP contribution in [0.25, 0.3) is 0 Å². The molecule has 0 saturated carbocycles. The van der Waals surface area contributed by atoms with Crippen LogP contribution in [0.4, 0.5) is 0 Å². The fourth-order valence-electron chi connectivity index (χ4n) is 1.89. The highest BCUT2D eigenvalue weighted by atomic mass is 35.5. The Morgan fingerprint density at radius 2 is 2.06 bits per heavy atom. The molecule has 0 aromatic heterocycles. The molecule has 17 heavy (non-hydrogen) atoms. The Morgan fingerprint density at radius 1 is 1.41 bits per heavy atom. The van der Waals surface area contributed by atoms with Gasteiger partial charge < -0.3 is 10.2 Å². The van der Waals surface area contributed by atoms with Crippen molar-refractivity contribution < 1.29 is 4.79 Å². The number of rotatable bonds is 1. The largest absolute Gasteiger partial charge is 0.336 e. The molecular formula is C12H16Cl2N2O. The molecule has 3 nitrogen and oxygen atoms in total. The first kappa shape index (κ1) is 14.3. The third-order valence-electron chi connectivity index (χ3n) is 2.75. The van der Waals surface area contributed by atoms with E-state index in [0.717, 1.165) is 19.6 Å². The van der Waals surface area contributed by atoms with Crippen LogP contribution in [-0.4, -0.2) is 36.5 Å². The Morgan fingerprint density at radius 3 is 2.65 bits per heavy atom. The van der Waals surface area contributed by atoms with E-state index in [2.05, 4.69) is 12.2 Å². The van der Waals surface area contributed by atoms with Gasteiger partial charge in [-0.25, -0.2) is 0 Å². The van der Waals surface area contributed by atoms with Gasteiger partial charge >= 0.3 is 0 Å². The second-order valence-electron chi connectivity index (χ2n) is 4.11. The number of nitrogens with one attached hydrogen (secondary N) is 1. The molecule has 1 aliphatic heterocycles. The van der Waals surface area contributed by atoms with E-state index in [0.29, 0.717) is 16.6 Å². The van der Waals surface area contributed by atoms with Crippen molar-refractivity contribution >= 4 is 29.9 Å². The first-order valence-corrected chi connectivity index (χ1v) is 5.83. The Hall–Kier alpha value is -0.770. The van der Waals surface area contributed by atoms with Gasteiger partial charge in [0.1, 0.15) is 0 Å². The van der Waals surface area contributed by atoms with Crippen molar-refractivity contribution in [1.82, 2.24) is 10.2 Å². The smallest absolute Gasteiger partial charge is 0.253 e. The molecule has 0 unspecified atom stereocenters. The minimum Gasteiger partial charge on any atom is -0.336 e. The zero-order valence-corrected chi connectivity index (χ0v) is 11.2. The van der Waals surface area contributed by atoms with Gasteiger partial charge in [0.15, 0.2) is 0 Å². The van der Waals surface area contributed by atoms with Gasteiger partial charge in [-0.2, -0.15) is 0 Å². The van der Waals surface area contributed by atoms with Crippen molar-refractivity contribution in [3.8, 4) is 0 Å². The summed E-state index contributed by atoms with van der Waals surface area (Å²) < 4.78 is 0. The predicted molar refractivity (Wildman–Crippen MR) is 72.1 cm³/mol. The molecule has 1 aliphatic rings. The van der Waals surface area contributed by atoms with Gasteiger partial charge in [-0.1, -0.05) is 11.6 Å². The van der Waals surface area contributed by atoms with Crippen LogP contribution in [0.3, 0.4) is 0 Å². The van der Waals surface area contributed by atoms with Crippen molar-refractivity contribution in [2.45, 2.75) is 13.0 Å². The van der Waals surface area contributed by atoms with Gasteiger partial charge in [0.05, 0.1) is 0 Å². The van der Waals surface area contributed by atoms with Crippen molar-refractivity contribution in [1.29, 1.82) is 0 Å². The Kier molecular flexibility index (Phi) is 5.25. The molecule has 1 N–H and O–H groups in total. The van der Waals surface area contributed by atoms with Crippen LogP contribution in [0.5, 0.6) is 0 Å². The van der Waals surface area contributed by atoms with Crippen LogP contribution < -0.4 is 5.32 Å². The lowest BCUT2D eigenvalue weighted by molar-refractivity contribution is 0.0709. The summed E-state index contributed by atoms with van der Waals surface area (Å²) in [6.45, 7) is 4.48. The van der Waals surface area contributed by atoms with Crippen LogP contribution in [0.2, 0.25) is 5.02 Å². The Labute approximate surface area is 113 Å². The molecule has 2 rings (SSSR count). The maximum atomic E-state index is 12.1. The summed E-state index contributed by atoms with van der Waals surface area (Å²) in [4.78, 5) is 14.0. The molecule has 0 spiro atoms. The molecule has 0 radical (unpaired) electrons. The molecule has 5 heteroatoms. The number of benzene rings is 1. The van der Waals surface area contributed by atoms with Crippen LogP contribution >= 0.6 is 24.0 Å². The number of piperazine rings is 1. The minimum absolute atomic E-state index is 0. The molecule has 1 aromatic rings. The van der Waals surface area contributed by atoms with E-state index in [1.165, 1.54) is 0 Å². The van der Waals surface area contributed by atoms with Crippen molar-refractivity contribution in [2.24, 2.45) is 0 Å². The molecule has 1 aromatic carbocycles. The van der Waals surface area contributed by atoms with Gasteiger partial charge in [-0.05, 0) is 31.2 Å². The number of nitrogens with zero attached hydrogens (tertiary/aromatic N) is 1. The van der Waals surface area contributed by atoms with E-state index in [1.807, 2.05) is 4.90 Å². The van der Waals surface area contributed by atoms with Crippen LogP contribution in [-0.2, 0) is 0 Å². The molecule has 1 heterocycles. The van der Waals surface area contributed by atoms with Crippen LogP contribution in [0.1, 0.15) is 17.3 Å². The monoisotopic (exact) mass is 274 g/mol. The topological polar surface area (TPSA) is 32.3 Å². The van der Waals surface area contributed by atoms with E-state index >= 15 is 0 Å². The highest BCUT2D eigenvalue weighted by Crippen LogP contribution is 2.12. The van der Waals surface area contributed by atoms with Gasteiger partial charge in [0.25, 0.3) is 5.91 Å². The van der Waals surface area contributed by atoms with Crippen LogP contribution in [0, 0.1) is 0 Å². The fraction of sp³-hybridized carbons (Fsp3) is 0.417. The van der Waals surface area contributed by atoms with E-state index in [9.17, 15) is 4.79 Å². The third kappa shape index (κ3) is 3.60. The summed E-state index contributed by atoms with van der Waals surface area (Å²) in [6.07, 6.45) is 0. The Balaban J connectivity index is 0.00000144. The molecular weight excluding hydrogens is 259 g/mol. The normalized spacial score (nSPS) is 19.6. The molecule has 1 amide bonds. The first-order valence-electron chi connectivity index (χ1n) is 5.45. The van der Waals surface area contributed by atoms with Gasteiger partial charge in [-0.3, -0.25) is 4.79 Å². The maximum Gasteiger partial charge on any atom is 0.253 e. The molecule has 1 atom stereocenters. The van der Waals surface area contributed by atoms with E-state index in [1.54, 1.807) is 24.3 Å². The van der Waals surface area contributed by atoms with Crippen LogP contribution in [0.15, 0.2) is 24.3 Å². The second kappa shape index (κ2) is 6.24. The average molecular weight is 275 g/mol. The van der Waals surface area contributed by atoms with E-state index < -0.39 is 0 Å². The highest BCUT2D eigenvalue weighted by molar-refractivity contribution is 6.30. The number of hydrogen-bond acceptors (Lipinski definition) is 2. The third-order valence-corrected chi connectivity index (χ3v) is 3.00. The summed E-state index contributed by atoms with van der Waals surface area (Å²) >= 11 is 5.79. The number of amides is 1. The first-order chi connectivity index (χ1) is 7.66. The number of hydrogen-bond donors (Lipinski definition) is 1. The SMILES string of the molecule is C[C@H]1CN(C(=O)c2ccc(Cl)cc2)CCN1.Cl. The lowest BCUT2D eigenvalue weighted by Crippen LogP contribution is -2.51. The molecule has 94 valence electrons. The Bertz CT molecular complexity index is 381. The number of halogens is 2. The highest BCUT2D eigenvalue weighted by Gasteiger charge is 2.21. The standard InChI is InChI=1S/C12H15ClN2O.ClH/c1-9-8-15(7-6-14-9)12(16)10-2-4-11(13)5-3-10;/h2-5,9,14H,6-8H2,1H3;1H/t9-;/m0./s1. The quantitative estimate of drug-likeness (QED) is 0.852. The molecule has 0 bridgehead atoms. The summed E-state index contributed by atoms with van der Waals surface area (Å²) in [7, 11) is 0. The predicted octanol–water partition coefficient (Wildman–Crippen LogP) is 2.20. The molecule has 0 aliphatic carbocycles. The van der Waals surface area contributed by atoms with Crippen molar-refractivity contribution in [2.75, 3.05) is 19.6 Å². The fourth-order valence-corrected chi connectivity index (χ4v) is 2.02. The van der Waals surface area contributed by atoms with Gasteiger partial charge in [-0.15, -0.1) is 12.4 Å². The lowest BCUT2D eigenvalue weighted by Gasteiger charge is -2.31. The molecule has 1 fully saturated rings. The number of carbonyl (C=O) groups excluding carboxylic acids is 1. The average Bonchev–Trinajstić information content (AvgIpc) is 2.29. The maximum absolute atomic E-state index is 12.1. The minimum atomic E-state index is 0. The second-order valence-corrected chi connectivity index (χ2v) is 4.55. The molecule has 1 saturated heterocycles. The van der Waals surface area contributed by atoms with Crippen molar-refractivity contribution in [3.05, 3.63) is 34.9 Å². The summed E-state index contributed by atoms with van der Waals surface area (Å²) in [6, 6.07) is 7.42. The lowest BCUT2D eigenvalue weighted by atomic mass is 10.1. The summed E-state index contributed by atoms with van der Waals surface area (Å²) in [5, 5.41) is 3.97.